The van der Waals surface area contributed by atoms with Crippen LogP contribution in [0.25, 0.3) is 0 Å². The molecule has 0 aromatic carbocycles. The molecule has 2 rings (SSSR count). The Balaban J connectivity index is 2.04. The van der Waals surface area contributed by atoms with Crippen LogP contribution in [0.1, 0.15) is 26.2 Å². The van der Waals surface area contributed by atoms with Gasteiger partial charge in [-0.05, 0) is 18.8 Å². The van der Waals surface area contributed by atoms with Crippen LogP contribution in [-0.2, 0) is 9.59 Å². The van der Waals surface area contributed by atoms with Gasteiger partial charge >= 0.3 is 0 Å². The monoisotopic (exact) mass is 240 g/mol. The van der Waals surface area contributed by atoms with Gasteiger partial charge < -0.3 is 15.3 Å². The first-order valence-corrected chi connectivity index (χ1v) is 6.31. The van der Waals surface area contributed by atoms with Crippen molar-refractivity contribution in [2.24, 2.45) is 11.8 Å². The van der Waals surface area contributed by atoms with E-state index in [9.17, 15) is 14.7 Å². The zero-order valence-electron chi connectivity index (χ0n) is 10.2. The van der Waals surface area contributed by atoms with Crippen LogP contribution in [0.3, 0.4) is 0 Å². The van der Waals surface area contributed by atoms with Crippen LogP contribution in [0.15, 0.2) is 0 Å². The smallest absolute Gasteiger partial charge is 0.228 e. The van der Waals surface area contributed by atoms with Gasteiger partial charge in [0, 0.05) is 19.5 Å². The number of rotatable bonds is 2. The second-order valence-corrected chi connectivity index (χ2v) is 5.11. The molecule has 2 heterocycles. The van der Waals surface area contributed by atoms with E-state index in [2.05, 4.69) is 12.2 Å². The molecule has 0 aromatic heterocycles. The molecule has 0 spiro atoms. The molecule has 2 N–H and O–H groups in total. The molecular weight excluding hydrogens is 220 g/mol. The number of nitrogens with one attached hydrogen (secondary N) is 1. The Labute approximate surface area is 101 Å². The first-order chi connectivity index (χ1) is 8.13. The molecule has 2 aliphatic rings. The third kappa shape index (κ3) is 2.44. The van der Waals surface area contributed by atoms with Gasteiger partial charge in [-0.1, -0.05) is 6.92 Å². The van der Waals surface area contributed by atoms with Crippen LogP contribution in [0.4, 0.5) is 0 Å². The van der Waals surface area contributed by atoms with Crippen molar-refractivity contribution in [3.05, 3.63) is 0 Å². The van der Waals surface area contributed by atoms with Crippen LogP contribution in [0.5, 0.6) is 0 Å². The first kappa shape index (κ1) is 12.4. The number of likely N-dealkylation sites (tertiary alicyclic amines) is 1. The summed E-state index contributed by atoms with van der Waals surface area (Å²) in [5, 5.41) is 12.1. The van der Waals surface area contributed by atoms with E-state index in [0.717, 1.165) is 12.8 Å². The fraction of sp³-hybridized carbons (Fsp3) is 0.833. The third-order valence-corrected chi connectivity index (χ3v) is 3.91. The molecule has 0 bridgehead atoms. The first-order valence-electron chi connectivity index (χ1n) is 6.31. The van der Waals surface area contributed by atoms with Crippen molar-refractivity contribution in [3.63, 3.8) is 0 Å². The van der Waals surface area contributed by atoms with Gasteiger partial charge in [-0.25, -0.2) is 0 Å². The van der Waals surface area contributed by atoms with Crippen molar-refractivity contribution >= 4 is 11.8 Å². The molecule has 17 heavy (non-hydrogen) atoms. The maximum Gasteiger partial charge on any atom is 0.228 e. The number of aliphatic hydroxyl groups is 1. The zero-order valence-corrected chi connectivity index (χ0v) is 10.2. The Kier molecular flexibility index (Phi) is 3.66. The van der Waals surface area contributed by atoms with Crippen LogP contribution in [0, 0.1) is 11.8 Å². The molecule has 3 atom stereocenters. The largest absolute Gasteiger partial charge is 0.394 e. The van der Waals surface area contributed by atoms with E-state index in [4.69, 9.17) is 0 Å². The van der Waals surface area contributed by atoms with E-state index in [0.29, 0.717) is 25.4 Å². The number of hydrogen-bond donors (Lipinski definition) is 2. The number of piperidine rings is 1. The van der Waals surface area contributed by atoms with Gasteiger partial charge in [-0.3, -0.25) is 9.59 Å². The highest BCUT2D eigenvalue weighted by Crippen LogP contribution is 2.25. The minimum Gasteiger partial charge on any atom is -0.394 e. The molecule has 5 heteroatoms. The van der Waals surface area contributed by atoms with E-state index in [1.165, 1.54) is 0 Å². The normalized spacial score (nSPS) is 33.6. The second kappa shape index (κ2) is 5.04. The predicted molar refractivity (Wildman–Crippen MR) is 62.1 cm³/mol. The van der Waals surface area contributed by atoms with Gasteiger partial charge in [-0.2, -0.15) is 0 Å². The Bertz CT molecular complexity index is 319. The van der Waals surface area contributed by atoms with E-state index in [1.807, 2.05) is 0 Å². The molecular formula is C12H20N2O3. The minimum atomic E-state index is -0.234. The Morgan fingerprint density at radius 2 is 2.35 bits per heavy atom. The Morgan fingerprint density at radius 3 is 2.94 bits per heavy atom. The Morgan fingerprint density at radius 1 is 1.59 bits per heavy atom. The molecule has 0 aromatic rings. The van der Waals surface area contributed by atoms with E-state index >= 15 is 0 Å². The van der Waals surface area contributed by atoms with Crippen molar-refractivity contribution in [2.75, 3.05) is 19.7 Å². The molecule has 0 saturated carbocycles. The lowest BCUT2D eigenvalue weighted by Crippen LogP contribution is -2.51. The lowest BCUT2D eigenvalue weighted by atomic mass is 9.90. The van der Waals surface area contributed by atoms with Gasteiger partial charge in [0.2, 0.25) is 11.8 Å². The van der Waals surface area contributed by atoms with Crippen LogP contribution >= 0.6 is 0 Å². The fourth-order valence-electron chi connectivity index (χ4n) is 2.82. The van der Waals surface area contributed by atoms with Gasteiger partial charge in [-0.15, -0.1) is 0 Å². The van der Waals surface area contributed by atoms with Crippen molar-refractivity contribution in [3.8, 4) is 0 Å². The number of aliphatic hydroxyl groups excluding tert-OH is 1. The van der Waals surface area contributed by atoms with Crippen molar-refractivity contribution in [2.45, 2.75) is 32.2 Å². The molecule has 5 nitrogen and oxygen atoms in total. The number of carbonyl (C=O) groups is 2. The van der Waals surface area contributed by atoms with Crippen LogP contribution < -0.4 is 5.32 Å². The molecule has 2 saturated heterocycles. The van der Waals surface area contributed by atoms with Crippen LogP contribution in [0.2, 0.25) is 0 Å². The zero-order chi connectivity index (χ0) is 12.4. The maximum absolute atomic E-state index is 12.3. The summed E-state index contributed by atoms with van der Waals surface area (Å²) < 4.78 is 0. The van der Waals surface area contributed by atoms with E-state index < -0.39 is 0 Å². The Hall–Kier alpha value is -1.10. The summed E-state index contributed by atoms with van der Waals surface area (Å²) in [5.41, 5.74) is 0. The predicted octanol–water partition coefficient (Wildman–Crippen LogP) is -0.258. The highest BCUT2D eigenvalue weighted by molar-refractivity contribution is 5.89. The molecule has 96 valence electrons. The third-order valence-electron chi connectivity index (χ3n) is 3.91. The maximum atomic E-state index is 12.3. The average molecular weight is 240 g/mol. The number of hydrogen-bond acceptors (Lipinski definition) is 3. The van der Waals surface area contributed by atoms with Crippen molar-refractivity contribution < 1.29 is 14.7 Å². The highest BCUT2D eigenvalue weighted by Gasteiger charge is 2.37. The summed E-state index contributed by atoms with van der Waals surface area (Å²) in [6, 6.07) is -0.0769. The molecule has 3 unspecified atom stereocenters. The molecule has 0 aliphatic carbocycles. The lowest BCUT2D eigenvalue weighted by molar-refractivity contribution is -0.142. The molecule has 2 fully saturated rings. The molecule has 2 aliphatic heterocycles. The summed E-state index contributed by atoms with van der Waals surface area (Å²) in [7, 11) is 0. The molecule has 0 radical (unpaired) electrons. The van der Waals surface area contributed by atoms with E-state index in [1.54, 1.807) is 4.90 Å². The minimum absolute atomic E-state index is 0.0149. The highest BCUT2D eigenvalue weighted by atomic mass is 16.3. The topological polar surface area (TPSA) is 69.6 Å². The van der Waals surface area contributed by atoms with E-state index in [-0.39, 0.29) is 30.4 Å². The van der Waals surface area contributed by atoms with Gasteiger partial charge in [0.1, 0.15) is 0 Å². The number of amides is 2. The van der Waals surface area contributed by atoms with Gasteiger partial charge in [0.15, 0.2) is 0 Å². The SMILES string of the molecule is CC1CCCN(C(=O)C2CNC(=O)C2)C1CO. The quantitative estimate of drug-likeness (QED) is 0.699. The second-order valence-electron chi connectivity index (χ2n) is 5.11. The summed E-state index contributed by atoms with van der Waals surface area (Å²) in [4.78, 5) is 25.2. The van der Waals surface area contributed by atoms with Crippen LogP contribution in [-0.4, -0.2) is 47.6 Å². The summed E-state index contributed by atoms with van der Waals surface area (Å²) in [5.74, 6) is 0.0764. The molecule has 2 amide bonds. The standard InChI is InChI=1S/C12H20N2O3/c1-8-3-2-4-14(10(8)7-15)12(17)9-5-11(16)13-6-9/h8-10,15H,2-7H2,1H3,(H,13,16). The van der Waals surface area contributed by atoms with Gasteiger partial charge in [0.25, 0.3) is 0 Å². The average Bonchev–Trinajstić information content (AvgIpc) is 2.74. The van der Waals surface area contributed by atoms with Crippen molar-refractivity contribution in [1.82, 2.24) is 10.2 Å². The fourth-order valence-corrected chi connectivity index (χ4v) is 2.82. The summed E-state index contributed by atoms with van der Waals surface area (Å²) in [6.45, 7) is 3.24. The van der Waals surface area contributed by atoms with Gasteiger partial charge in [0.05, 0.1) is 18.6 Å². The van der Waals surface area contributed by atoms with Crippen molar-refractivity contribution in [1.29, 1.82) is 0 Å². The lowest BCUT2D eigenvalue weighted by Gasteiger charge is -2.40. The number of nitrogens with zero attached hydrogens (tertiary/aromatic N) is 1. The summed E-state index contributed by atoms with van der Waals surface area (Å²) in [6.07, 6.45) is 2.33. The summed E-state index contributed by atoms with van der Waals surface area (Å²) >= 11 is 0. The number of carbonyl (C=O) groups excluding carboxylic acids is 2.